The molecule has 4 heterocycles. The van der Waals surface area contributed by atoms with Crippen LogP contribution < -0.4 is 5.32 Å². The molecule has 1 amide bonds. The van der Waals surface area contributed by atoms with Crippen LogP contribution in [0.1, 0.15) is 21.7 Å². The highest BCUT2D eigenvalue weighted by molar-refractivity contribution is 7.13. The Balaban J connectivity index is 1.45. The molecule has 1 N–H and O–H groups in total. The largest absolute Gasteiger partial charge is 0.433 e. The smallest absolute Gasteiger partial charge is 0.318 e. The van der Waals surface area contributed by atoms with E-state index in [0.717, 1.165) is 6.07 Å². The van der Waals surface area contributed by atoms with Gasteiger partial charge in [-0.2, -0.15) is 23.4 Å². The van der Waals surface area contributed by atoms with E-state index in [1.807, 2.05) is 0 Å². The van der Waals surface area contributed by atoms with Crippen molar-refractivity contribution in [1.29, 1.82) is 0 Å². The number of nitrogens with zero attached hydrogens (tertiary/aromatic N) is 5. The first-order valence-electron chi connectivity index (χ1n) is 9.97. The second kappa shape index (κ2) is 8.78. The molecule has 0 fully saturated rings. The fourth-order valence-electron chi connectivity index (χ4n) is 3.42. The Kier molecular flexibility index (Phi) is 5.77. The maximum absolute atomic E-state index is 13.8. The van der Waals surface area contributed by atoms with Crippen molar-refractivity contribution in [2.45, 2.75) is 12.7 Å². The molecule has 0 atom stereocenters. The number of anilines is 1. The predicted molar refractivity (Wildman–Crippen MR) is 122 cm³/mol. The van der Waals surface area contributed by atoms with Gasteiger partial charge in [-0.1, -0.05) is 29.8 Å². The molecule has 7 nitrogen and oxygen atoms in total. The monoisotopic (exact) mass is 520 g/mol. The molecule has 5 rings (SSSR count). The van der Waals surface area contributed by atoms with E-state index in [9.17, 15) is 22.4 Å². The Morgan fingerprint density at radius 2 is 2.00 bits per heavy atom. The van der Waals surface area contributed by atoms with E-state index in [1.54, 1.807) is 29.6 Å². The van der Waals surface area contributed by atoms with Gasteiger partial charge >= 0.3 is 6.18 Å². The third-order valence-electron chi connectivity index (χ3n) is 4.94. The van der Waals surface area contributed by atoms with Crippen molar-refractivity contribution in [1.82, 2.24) is 24.4 Å². The fourth-order valence-corrected chi connectivity index (χ4v) is 4.35. The maximum Gasteiger partial charge on any atom is 0.433 e. The van der Waals surface area contributed by atoms with Gasteiger partial charge in [0.2, 0.25) is 0 Å². The van der Waals surface area contributed by atoms with E-state index in [2.05, 4.69) is 20.5 Å². The van der Waals surface area contributed by atoms with Gasteiger partial charge < -0.3 is 5.32 Å². The van der Waals surface area contributed by atoms with Gasteiger partial charge in [-0.15, -0.1) is 11.3 Å². The summed E-state index contributed by atoms with van der Waals surface area (Å²) in [4.78, 5) is 17.5. The number of thiophene rings is 1. The number of benzene rings is 1. The summed E-state index contributed by atoms with van der Waals surface area (Å²) in [6.07, 6.45) is -1.94. The zero-order valence-electron chi connectivity index (χ0n) is 17.4. The number of carbonyl (C=O) groups is 1. The molecule has 0 spiro atoms. The molecule has 0 saturated heterocycles. The summed E-state index contributed by atoms with van der Waals surface area (Å²) in [6.45, 7) is 0.243. The lowest BCUT2D eigenvalue weighted by molar-refractivity contribution is -0.142. The lowest BCUT2D eigenvalue weighted by atomic mass is 10.2. The van der Waals surface area contributed by atoms with E-state index in [0.29, 0.717) is 15.0 Å². The molecule has 35 heavy (non-hydrogen) atoms. The fraction of sp³-hybridized carbons (Fsp3) is 0.0909. The van der Waals surface area contributed by atoms with E-state index >= 15 is 0 Å². The van der Waals surface area contributed by atoms with Gasteiger partial charge in [0, 0.05) is 6.20 Å². The number of nitrogens with one attached hydrogen (secondary N) is 1. The van der Waals surface area contributed by atoms with Crippen LogP contribution in [0.5, 0.6) is 0 Å². The number of aromatic nitrogens is 5. The van der Waals surface area contributed by atoms with Crippen LogP contribution in [-0.2, 0) is 12.7 Å². The second-order valence-corrected chi connectivity index (χ2v) is 8.74. The Labute approximate surface area is 203 Å². The molecule has 0 unspecified atom stereocenters. The first-order valence-corrected chi connectivity index (χ1v) is 11.2. The zero-order chi connectivity index (χ0) is 24.7. The Bertz CT molecular complexity index is 1540. The third kappa shape index (κ3) is 4.62. The number of rotatable bonds is 5. The maximum atomic E-state index is 13.8. The van der Waals surface area contributed by atoms with Crippen molar-refractivity contribution >= 4 is 40.2 Å². The molecule has 1 aromatic carbocycles. The number of fused-ring (bicyclic) bond motifs is 1. The molecular formula is C22H13ClF4N6OS. The highest BCUT2D eigenvalue weighted by atomic mass is 35.5. The summed E-state index contributed by atoms with van der Waals surface area (Å²) >= 11 is 7.49. The highest BCUT2D eigenvalue weighted by Gasteiger charge is 2.37. The number of hydrogen-bond acceptors (Lipinski definition) is 5. The van der Waals surface area contributed by atoms with E-state index < -0.39 is 29.3 Å². The van der Waals surface area contributed by atoms with Gasteiger partial charge in [-0.3, -0.25) is 9.48 Å². The predicted octanol–water partition coefficient (Wildman–Crippen LogP) is 5.77. The van der Waals surface area contributed by atoms with Crippen molar-refractivity contribution in [2.75, 3.05) is 5.32 Å². The molecule has 13 heteroatoms. The average Bonchev–Trinajstić information content (AvgIpc) is 3.54. The first-order chi connectivity index (χ1) is 16.7. The van der Waals surface area contributed by atoms with E-state index in [1.165, 1.54) is 40.5 Å². The average molecular weight is 521 g/mol. The molecule has 0 aliphatic rings. The zero-order valence-corrected chi connectivity index (χ0v) is 19.0. The molecule has 0 aliphatic carbocycles. The lowest BCUT2D eigenvalue weighted by Crippen LogP contribution is -2.15. The minimum Gasteiger partial charge on any atom is -0.318 e. The van der Waals surface area contributed by atoms with Crippen LogP contribution in [-0.4, -0.2) is 30.3 Å². The summed E-state index contributed by atoms with van der Waals surface area (Å²) in [5, 5.41) is 11.8. The Morgan fingerprint density at radius 3 is 2.71 bits per heavy atom. The van der Waals surface area contributed by atoms with Gasteiger partial charge in [0.05, 0.1) is 29.0 Å². The van der Waals surface area contributed by atoms with Crippen LogP contribution in [0.2, 0.25) is 5.02 Å². The van der Waals surface area contributed by atoms with Gasteiger partial charge in [0.15, 0.2) is 17.0 Å². The van der Waals surface area contributed by atoms with E-state index in [4.69, 9.17) is 11.6 Å². The summed E-state index contributed by atoms with van der Waals surface area (Å²) in [7, 11) is 0. The molecule has 5 aromatic rings. The highest BCUT2D eigenvalue weighted by Crippen LogP contribution is 2.35. The van der Waals surface area contributed by atoms with Gasteiger partial charge in [-0.25, -0.2) is 13.9 Å². The van der Waals surface area contributed by atoms with Gasteiger partial charge in [0.1, 0.15) is 10.8 Å². The quantitative estimate of drug-likeness (QED) is 0.299. The topological polar surface area (TPSA) is 77.1 Å². The Morgan fingerprint density at radius 1 is 1.17 bits per heavy atom. The Hall–Kier alpha value is -3.77. The van der Waals surface area contributed by atoms with Crippen molar-refractivity contribution in [3.63, 3.8) is 0 Å². The molecule has 0 radical (unpaired) electrons. The lowest BCUT2D eigenvalue weighted by Gasteiger charge is -2.10. The standard InChI is InChI=1S/C22H13ClF4N6OS/c23-18-19(21(34)29-14-9-28-32(11-14)10-12-3-1-4-13(24)7-12)31-33-17(22(25,26)27)8-15(30-20(18)33)16-5-2-6-35-16/h1-9,11H,10H2,(H,29,34). The first kappa shape index (κ1) is 23.0. The van der Waals surface area contributed by atoms with Crippen molar-refractivity contribution < 1.29 is 22.4 Å². The van der Waals surface area contributed by atoms with Crippen molar-refractivity contribution in [3.8, 4) is 10.6 Å². The van der Waals surface area contributed by atoms with E-state index in [-0.39, 0.29) is 28.6 Å². The van der Waals surface area contributed by atoms with Gasteiger partial charge in [-0.05, 0) is 35.2 Å². The summed E-state index contributed by atoms with van der Waals surface area (Å²) < 4.78 is 56.7. The molecule has 0 bridgehead atoms. The molecule has 4 aromatic heterocycles. The van der Waals surface area contributed by atoms with Crippen LogP contribution in [0.3, 0.4) is 0 Å². The SMILES string of the molecule is O=C(Nc1cnn(Cc2cccc(F)c2)c1)c1nn2c(C(F)(F)F)cc(-c3cccs3)nc2c1Cl. The van der Waals surface area contributed by atoms with Crippen molar-refractivity contribution in [3.05, 3.63) is 88.0 Å². The molecule has 178 valence electrons. The summed E-state index contributed by atoms with van der Waals surface area (Å²) in [5.41, 5.74) is -0.867. The summed E-state index contributed by atoms with van der Waals surface area (Å²) in [6, 6.07) is 10.1. The van der Waals surface area contributed by atoms with Crippen LogP contribution in [0.25, 0.3) is 16.2 Å². The van der Waals surface area contributed by atoms with Crippen molar-refractivity contribution in [2.24, 2.45) is 0 Å². The minimum atomic E-state index is -4.77. The van der Waals surface area contributed by atoms with Crippen LogP contribution in [0.15, 0.2) is 60.2 Å². The normalized spacial score (nSPS) is 11.8. The number of halogens is 5. The van der Waals surface area contributed by atoms with Crippen LogP contribution >= 0.6 is 22.9 Å². The summed E-state index contributed by atoms with van der Waals surface area (Å²) in [5.74, 6) is -1.23. The van der Waals surface area contributed by atoms with Gasteiger partial charge in [0.25, 0.3) is 5.91 Å². The van der Waals surface area contributed by atoms with Crippen LogP contribution in [0, 0.1) is 5.82 Å². The molecule has 0 aliphatic heterocycles. The minimum absolute atomic E-state index is 0.0622. The second-order valence-electron chi connectivity index (χ2n) is 7.41. The third-order valence-corrected chi connectivity index (χ3v) is 6.18. The van der Waals surface area contributed by atoms with Crippen LogP contribution in [0.4, 0.5) is 23.2 Å². The number of hydrogen-bond donors (Lipinski definition) is 1. The number of amides is 1. The number of carbonyl (C=O) groups excluding carboxylic acids is 1. The number of alkyl halides is 3. The molecular weight excluding hydrogens is 508 g/mol. The molecule has 0 saturated carbocycles.